The number of thioether (sulfide) groups is 1. The lowest BCUT2D eigenvalue weighted by atomic mass is 10.2. The van der Waals surface area contributed by atoms with Gasteiger partial charge in [0.2, 0.25) is 0 Å². The number of para-hydroxylation sites is 1. The van der Waals surface area contributed by atoms with Gasteiger partial charge in [-0.25, -0.2) is 4.68 Å². The van der Waals surface area contributed by atoms with E-state index in [2.05, 4.69) is 4.90 Å². The van der Waals surface area contributed by atoms with Crippen LogP contribution in [0.25, 0.3) is 11.4 Å². The molecule has 140 valence electrons. The Hall–Kier alpha value is -1.84. The minimum atomic E-state index is -0.181. The second-order valence-corrected chi connectivity index (χ2v) is 7.64. The molecule has 1 aromatic heterocycles. The summed E-state index contributed by atoms with van der Waals surface area (Å²) in [5, 5.41) is 4.54. The zero-order valence-corrected chi connectivity index (χ0v) is 16.7. The van der Waals surface area contributed by atoms with Gasteiger partial charge in [-0.15, -0.1) is 11.8 Å². The van der Waals surface area contributed by atoms with Gasteiger partial charge in [0.1, 0.15) is 11.0 Å². The van der Waals surface area contributed by atoms with Gasteiger partial charge in [0.05, 0.1) is 26.5 Å². The SMILES string of the molecule is COC(=O)[C@@H]1CN(Cn2nc(-c3ccccc3OC)n(C)c2=S)CCS1. The highest BCUT2D eigenvalue weighted by Crippen LogP contribution is 2.28. The van der Waals surface area contributed by atoms with E-state index in [0.717, 1.165) is 29.4 Å². The van der Waals surface area contributed by atoms with Crippen molar-refractivity contribution in [1.29, 1.82) is 0 Å². The van der Waals surface area contributed by atoms with Crippen LogP contribution in [0.4, 0.5) is 0 Å². The molecule has 1 aromatic carbocycles. The molecule has 9 heteroatoms. The third-order valence-corrected chi connectivity index (χ3v) is 5.98. The maximum Gasteiger partial charge on any atom is 0.320 e. The van der Waals surface area contributed by atoms with Gasteiger partial charge in [-0.2, -0.15) is 5.10 Å². The van der Waals surface area contributed by atoms with E-state index in [-0.39, 0.29) is 11.2 Å². The molecule has 26 heavy (non-hydrogen) atoms. The van der Waals surface area contributed by atoms with Crippen molar-refractivity contribution in [3.63, 3.8) is 0 Å². The minimum Gasteiger partial charge on any atom is -0.496 e. The van der Waals surface area contributed by atoms with Gasteiger partial charge < -0.3 is 14.0 Å². The molecular formula is C17H22N4O3S2. The van der Waals surface area contributed by atoms with Gasteiger partial charge in [0.15, 0.2) is 10.6 Å². The van der Waals surface area contributed by atoms with Gasteiger partial charge in [-0.1, -0.05) is 12.1 Å². The van der Waals surface area contributed by atoms with Gasteiger partial charge in [-0.3, -0.25) is 9.69 Å². The number of hydrogen-bond donors (Lipinski definition) is 0. The summed E-state index contributed by atoms with van der Waals surface area (Å²) in [6.07, 6.45) is 0. The standard InChI is InChI=1S/C17H22N4O3S2/c1-19-15(12-6-4-5-7-13(12)23-2)18-21(17(19)25)11-20-8-9-26-14(10-20)16(22)24-3/h4-7,14H,8-11H2,1-3H3/t14-/m0/s1. The average Bonchev–Trinajstić information content (AvgIpc) is 2.95. The van der Waals surface area contributed by atoms with E-state index in [9.17, 15) is 4.79 Å². The lowest BCUT2D eigenvalue weighted by Crippen LogP contribution is -2.42. The van der Waals surface area contributed by atoms with E-state index < -0.39 is 0 Å². The van der Waals surface area contributed by atoms with Gasteiger partial charge in [0.25, 0.3) is 0 Å². The van der Waals surface area contributed by atoms with E-state index in [0.29, 0.717) is 18.0 Å². The molecule has 7 nitrogen and oxygen atoms in total. The molecule has 1 aliphatic rings. The number of ether oxygens (including phenoxy) is 2. The smallest absolute Gasteiger partial charge is 0.320 e. The fourth-order valence-corrected chi connectivity index (χ4v) is 4.32. The number of rotatable bonds is 5. The van der Waals surface area contributed by atoms with Crippen LogP contribution in [0.3, 0.4) is 0 Å². The van der Waals surface area contributed by atoms with Crippen LogP contribution in [0, 0.1) is 4.77 Å². The van der Waals surface area contributed by atoms with Crippen LogP contribution in [-0.4, -0.2) is 63.5 Å². The van der Waals surface area contributed by atoms with Crippen LogP contribution in [-0.2, 0) is 23.2 Å². The molecule has 0 saturated carbocycles. The maximum atomic E-state index is 11.8. The van der Waals surface area contributed by atoms with E-state index >= 15 is 0 Å². The van der Waals surface area contributed by atoms with E-state index in [1.807, 2.05) is 35.9 Å². The normalized spacial score (nSPS) is 17.9. The van der Waals surface area contributed by atoms with Gasteiger partial charge >= 0.3 is 5.97 Å². The summed E-state index contributed by atoms with van der Waals surface area (Å²) in [6.45, 7) is 2.04. The Balaban J connectivity index is 1.84. The van der Waals surface area contributed by atoms with Crippen molar-refractivity contribution in [2.24, 2.45) is 7.05 Å². The second-order valence-electron chi connectivity index (χ2n) is 5.97. The Morgan fingerprint density at radius 2 is 2.15 bits per heavy atom. The van der Waals surface area contributed by atoms with Crippen molar-refractivity contribution >= 4 is 29.9 Å². The third-order valence-electron chi connectivity index (χ3n) is 4.34. The molecule has 1 saturated heterocycles. The number of hydrogen-bond acceptors (Lipinski definition) is 7. The van der Waals surface area contributed by atoms with Crippen molar-refractivity contribution in [1.82, 2.24) is 19.2 Å². The summed E-state index contributed by atoms with van der Waals surface area (Å²) in [5.41, 5.74) is 0.893. The molecule has 0 spiro atoms. The predicted molar refractivity (Wildman–Crippen MR) is 104 cm³/mol. The lowest BCUT2D eigenvalue weighted by Gasteiger charge is -2.30. The highest BCUT2D eigenvalue weighted by molar-refractivity contribution is 8.00. The van der Waals surface area contributed by atoms with Crippen molar-refractivity contribution < 1.29 is 14.3 Å². The Morgan fingerprint density at radius 1 is 1.38 bits per heavy atom. The van der Waals surface area contributed by atoms with Gasteiger partial charge in [0, 0.05) is 25.9 Å². The molecule has 2 heterocycles. The van der Waals surface area contributed by atoms with Gasteiger partial charge in [-0.05, 0) is 24.4 Å². The number of carbonyl (C=O) groups excluding carboxylic acids is 1. The first kappa shape index (κ1) is 18.9. The van der Waals surface area contributed by atoms with Crippen molar-refractivity contribution in [2.45, 2.75) is 11.9 Å². The molecule has 3 rings (SSSR count). The van der Waals surface area contributed by atoms with Crippen LogP contribution in [0.1, 0.15) is 0 Å². The molecule has 0 amide bonds. The quantitative estimate of drug-likeness (QED) is 0.569. The first-order chi connectivity index (χ1) is 12.5. The maximum absolute atomic E-state index is 11.8. The minimum absolute atomic E-state index is 0.166. The van der Waals surface area contributed by atoms with E-state index in [1.165, 1.54) is 7.11 Å². The Morgan fingerprint density at radius 3 is 2.88 bits per heavy atom. The molecule has 1 atom stereocenters. The average molecular weight is 395 g/mol. The largest absolute Gasteiger partial charge is 0.496 e. The number of aromatic nitrogens is 3. The fourth-order valence-electron chi connectivity index (χ4n) is 2.94. The van der Waals surface area contributed by atoms with Crippen molar-refractivity contribution in [2.75, 3.05) is 33.1 Å². The Labute approximate surface area is 161 Å². The summed E-state index contributed by atoms with van der Waals surface area (Å²) in [5.74, 6) is 2.20. The molecule has 0 N–H and O–H groups in total. The fraction of sp³-hybridized carbons (Fsp3) is 0.471. The summed E-state index contributed by atoms with van der Waals surface area (Å²) < 4.78 is 14.6. The second kappa shape index (κ2) is 8.24. The monoisotopic (exact) mass is 394 g/mol. The molecule has 1 fully saturated rings. The highest BCUT2D eigenvalue weighted by Gasteiger charge is 2.27. The molecule has 0 radical (unpaired) electrons. The Kier molecular flexibility index (Phi) is 6.00. The lowest BCUT2D eigenvalue weighted by molar-refractivity contribution is -0.140. The van der Waals surface area contributed by atoms with E-state index in [4.69, 9.17) is 26.8 Å². The predicted octanol–water partition coefficient (Wildman–Crippen LogP) is 2.17. The molecule has 2 aromatic rings. The van der Waals surface area contributed by atoms with Crippen molar-refractivity contribution in [3.05, 3.63) is 29.0 Å². The molecule has 1 aliphatic heterocycles. The molecule has 0 aliphatic carbocycles. The third kappa shape index (κ3) is 3.79. The van der Waals surface area contributed by atoms with Crippen LogP contribution in [0.15, 0.2) is 24.3 Å². The summed E-state index contributed by atoms with van der Waals surface area (Å²) in [6, 6.07) is 7.74. The summed E-state index contributed by atoms with van der Waals surface area (Å²) in [4.78, 5) is 14.0. The zero-order valence-electron chi connectivity index (χ0n) is 15.0. The van der Waals surface area contributed by atoms with Crippen LogP contribution in [0.2, 0.25) is 0 Å². The topological polar surface area (TPSA) is 61.5 Å². The molecular weight excluding hydrogens is 372 g/mol. The van der Waals surface area contributed by atoms with Crippen molar-refractivity contribution in [3.8, 4) is 17.1 Å². The van der Waals surface area contributed by atoms with Crippen LogP contribution < -0.4 is 4.74 Å². The molecule has 0 unspecified atom stereocenters. The summed E-state index contributed by atoms with van der Waals surface area (Å²) in [7, 11) is 4.97. The first-order valence-corrected chi connectivity index (χ1v) is 9.70. The van der Waals surface area contributed by atoms with E-state index in [1.54, 1.807) is 23.6 Å². The highest BCUT2D eigenvalue weighted by atomic mass is 32.2. The number of benzene rings is 1. The summed E-state index contributed by atoms with van der Waals surface area (Å²) >= 11 is 7.20. The van der Waals surface area contributed by atoms with Crippen LogP contribution >= 0.6 is 24.0 Å². The number of nitrogens with zero attached hydrogens (tertiary/aromatic N) is 4. The molecule has 0 bridgehead atoms. The Bertz CT molecular complexity index is 849. The van der Waals surface area contributed by atoms with Crippen LogP contribution in [0.5, 0.6) is 5.75 Å². The first-order valence-electron chi connectivity index (χ1n) is 8.24. The zero-order chi connectivity index (χ0) is 18.7. The number of esters is 1. The number of methoxy groups -OCH3 is 2. The number of carbonyl (C=O) groups is 1.